The predicted octanol–water partition coefficient (Wildman–Crippen LogP) is 6.88. The third-order valence-corrected chi connectivity index (χ3v) is 14.1. The first-order valence-electron chi connectivity index (χ1n) is 25.6. The van der Waals surface area contributed by atoms with E-state index in [4.69, 9.17) is 23.0 Å². The number of fused-ring (bicyclic) bond motifs is 4. The van der Waals surface area contributed by atoms with Gasteiger partial charge in [-0.15, -0.1) is 0 Å². The fourth-order valence-corrected chi connectivity index (χ4v) is 9.95. The number of carbonyl (C=O) groups is 3. The molecule has 9 N–H and O–H groups in total. The number of rotatable bonds is 27. The van der Waals surface area contributed by atoms with Gasteiger partial charge in [0.2, 0.25) is 0 Å². The van der Waals surface area contributed by atoms with Gasteiger partial charge >= 0.3 is 27.6 Å². The fraction of sp³-hybridized carbons (Fsp3) is 0.816. The zero-order chi connectivity index (χ0) is 52.0. The van der Waals surface area contributed by atoms with Crippen molar-refractivity contribution in [3.8, 4) is 0 Å². The number of phosphoric acid groups is 2. The maximum atomic E-state index is 13.7. The van der Waals surface area contributed by atoms with Crippen molar-refractivity contribution < 1.29 is 91.9 Å². The number of unbranched alkanes of at least 4 members (excludes halogenated alkanes) is 15. The lowest BCUT2D eigenvalue weighted by Gasteiger charge is -2.38. The van der Waals surface area contributed by atoms with Crippen molar-refractivity contribution in [1.82, 2.24) is 0 Å². The molecule has 0 aromatic rings. The van der Waals surface area contributed by atoms with Crippen LogP contribution < -0.4 is 0 Å². The molecule has 1 aliphatic carbocycles. The van der Waals surface area contributed by atoms with Crippen LogP contribution in [0.3, 0.4) is 0 Å². The number of aliphatic hydroxyl groups is 6. The van der Waals surface area contributed by atoms with Gasteiger partial charge < -0.3 is 54.8 Å². The van der Waals surface area contributed by atoms with Crippen LogP contribution in [0.1, 0.15) is 174 Å². The van der Waals surface area contributed by atoms with E-state index in [-0.39, 0.29) is 38.5 Å². The summed E-state index contributed by atoms with van der Waals surface area (Å²) >= 11 is 0. The highest BCUT2D eigenvalue weighted by atomic mass is 31.2. The van der Waals surface area contributed by atoms with Crippen molar-refractivity contribution in [2.24, 2.45) is 11.8 Å². The number of carbonyl (C=O) groups excluding carboxylic acids is 3. The SMILES string of the molecule is CCCCCCCC/C=C\CCCCCCCCCC(=O)OC[C@@H]1COP(=O)(O)O[C@H]2[C@H](O)[C@@H](O)[C@H](O)[C@@H](C/C=C\CCCC(=O)O1)C(=O)C[C@@H](O)[C@H](/C=C/[C@@H](O)CCCCC)[C@@H](O)[C@H]2OP(=O)(O)O. The van der Waals surface area contributed by atoms with Crippen molar-refractivity contribution in [2.75, 3.05) is 13.2 Å². The highest BCUT2D eigenvalue weighted by Crippen LogP contribution is 2.49. The molecule has 0 aromatic heterocycles. The van der Waals surface area contributed by atoms with E-state index >= 15 is 0 Å². The zero-order valence-electron chi connectivity index (χ0n) is 41.4. The summed E-state index contributed by atoms with van der Waals surface area (Å²) in [6.45, 7) is 2.56. The summed E-state index contributed by atoms with van der Waals surface area (Å²) in [7, 11) is -11.5. The molecule has 70 heavy (non-hydrogen) atoms. The summed E-state index contributed by atoms with van der Waals surface area (Å²) in [5.74, 6) is -5.65. The van der Waals surface area contributed by atoms with Crippen LogP contribution in [-0.4, -0.2) is 131 Å². The Kier molecular flexibility index (Phi) is 32.8. The van der Waals surface area contributed by atoms with Crippen molar-refractivity contribution >= 4 is 33.4 Å². The van der Waals surface area contributed by atoms with Crippen molar-refractivity contribution in [2.45, 2.75) is 229 Å². The molecule has 1 unspecified atom stereocenters. The molecule has 1 saturated carbocycles. The van der Waals surface area contributed by atoms with Crippen LogP contribution in [-0.2, 0) is 46.6 Å². The fourth-order valence-electron chi connectivity index (χ4n) is 8.43. The average molecular weight is 1040 g/mol. The summed E-state index contributed by atoms with van der Waals surface area (Å²) in [5, 5.41) is 68.1. The maximum absolute atomic E-state index is 13.7. The highest BCUT2D eigenvalue weighted by Gasteiger charge is 2.51. The molecule has 0 amide bonds. The molecule has 19 nitrogen and oxygen atoms in total. The van der Waals surface area contributed by atoms with Crippen molar-refractivity contribution in [3.63, 3.8) is 0 Å². The lowest BCUT2D eigenvalue weighted by molar-refractivity contribution is -0.165. The van der Waals surface area contributed by atoms with E-state index in [2.05, 4.69) is 19.1 Å². The Morgan fingerprint density at radius 3 is 2.06 bits per heavy atom. The molecule has 2 bridgehead atoms. The molecule has 0 saturated heterocycles. The lowest BCUT2D eigenvalue weighted by Crippen LogP contribution is -2.56. The summed E-state index contributed by atoms with van der Waals surface area (Å²) < 4.78 is 52.1. The predicted molar refractivity (Wildman–Crippen MR) is 261 cm³/mol. The number of phosphoric ester groups is 2. The Balaban J connectivity index is 2.23. The van der Waals surface area contributed by atoms with Gasteiger partial charge in [-0.05, 0) is 57.8 Å². The molecule has 0 aromatic carbocycles. The van der Waals surface area contributed by atoms with Crippen LogP contribution >= 0.6 is 15.6 Å². The molecular formula is C49H86O19P2. The smallest absolute Gasteiger partial charge is 0.462 e. The van der Waals surface area contributed by atoms with Crippen molar-refractivity contribution in [1.29, 1.82) is 0 Å². The second-order valence-corrected chi connectivity index (χ2v) is 21.3. The van der Waals surface area contributed by atoms with E-state index in [1.807, 2.05) is 6.92 Å². The van der Waals surface area contributed by atoms with Gasteiger partial charge in [0, 0.05) is 31.1 Å². The zero-order valence-corrected chi connectivity index (χ0v) is 43.2. The third-order valence-electron chi connectivity index (χ3n) is 12.5. The maximum Gasteiger partial charge on any atom is 0.472 e. The summed E-state index contributed by atoms with van der Waals surface area (Å²) in [5.41, 5.74) is 0. The molecule has 0 spiro atoms. The van der Waals surface area contributed by atoms with E-state index in [9.17, 15) is 68.8 Å². The van der Waals surface area contributed by atoms with Crippen LogP contribution in [0.4, 0.5) is 0 Å². The summed E-state index contributed by atoms with van der Waals surface area (Å²) in [4.78, 5) is 70.4. The van der Waals surface area contributed by atoms with Crippen molar-refractivity contribution in [3.05, 3.63) is 36.5 Å². The Labute approximate surface area is 414 Å². The van der Waals surface area contributed by atoms with Gasteiger partial charge in [-0.25, -0.2) is 9.13 Å². The Morgan fingerprint density at radius 2 is 1.43 bits per heavy atom. The number of ether oxygens (including phenoxy) is 2. The molecular weight excluding hydrogens is 954 g/mol. The van der Waals surface area contributed by atoms with E-state index < -0.39 is 120 Å². The van der Waals surface area contributed by atoms with Crippen LogP contribution in [0.5, 0.6) is 0 Å². The minimum Gasteiger partial charge on any atom is -0.462 e. The second kappa shape index (κ2) is 35.9. The van der Waals surface area contributed by atoms with Gasteiger partial charge in [0.05, 0.1) is 31.0 Å². The third kappa shape index (κ3) is 27.2. The quantitative estimate of drug-likeness (QED) is 0.0175. The number of ketones is 1. The number of hydrogen-bond acceptors (Lipinski definition) is 16. The van der Waals surface area contributed by atoms with Gasteiger partial charge in [0.1, 0.15) is 36.8 Å². The second-order valence-electron chi connectivity index (χ2n) is 18.7. The highest BCUT2D eigenvalue weighted by molar-refractivity contribution is 7.47. The van der Waals surface area contributed by atoms with Crippen LogP contribution in [0.2, 0.25) is 0 Å². The number of cyclic esters (lactones) is 1. The number of Topliss-reactive ketones (excluding diaryl/α,β-unsaturated/α-hetero) is 1. The van der Waals surface area contributed by atoms with Gasteiger partial charge in [-0.1, -0.05) is 134 Å². The molecule has 1 fully saturated rings. The summed E-state index contributed by atoms with van der Waals surface area (Å²) in [6.07, 6.45) is 8.25. The molecule has 1 heterocycles. The Bertz CT molecular complexity index is 1650. The average Bonchev–Trinajstić information content (AvgIpc) is 3.30. The number of esters is 2. The van der Waals surface area contributed by atoms with E-state index in [1.54, 1.807) is 6.08 Å². The van der Waals surface area contributed by atoms with Gasteiger partial charge in [0.15, 0.2) is 6.10 Å². The Morgan fingerprint density at radius 1 is 0.829 bits per heavy atom. The number of allylic oxidation sites excluding steroid dienone is 4. The van der Waals surface area contributed by atoms with Gasteiger partial charge in [-0.2, -0.15) is 0 Å². The summed E-state index contributed by atoms with van der Waals surface area (Å²) in [6, 6.07) is 0. The largest absolute Gasteiger partial charge is 0.472 e. The number of hydrogen-bond donors (Lipinski definition) is 9. The first-order valence-corrected chi connectivity index (χ1v) is 28.7. The molecule has 406 valence electrons. The topological polar surface area (TPSA) is 314 Å². The normalized spacial score (nSPS) is 30.2. The van der Waals surface area contributed by atoms with E-state index in [0.29, 0.717) is 12.8 Å². The van der Waals surface area contributed by atoms with Crippen LogP contribution in [0, 0.1) is 11.8 Å². The lowest BCUT2D eigenvalue weighted by atomic mass is 9.84. The van der Waals surface area contributed by atoms with E-state index in [0.717, 1.165) is 76.4 Å². The molecule has 21 heteroatoms. The molecule has 2 aliphatic rings. The minimum absolute atomic E-state index is 0.0467. The van der Waals surface area contributed by atoms with Gasteiger partial charge in [0.25, 0.3) is 0 Å². The van der Waals surface area contributed by atoms with Crippen LogP contribution in [0.15, 0.2) is 36.5 Å². The minimum atomic E-state index is -5.78. The molecule has 12 atom stereocenters. The van der Waals surface area contributed by atoms with Gasteiger partial charge in [-0.3, -0.25) is 28.0 Å². The molecule has 0 radical (unpaired) electrons. The van der Waals surface area contributed by atoms with E-state index in [1.165, 1.54) is 44.6 Å². The first kappa shape index (κ1) is 63.9. The monoisotopic (exact) mass is 1040 g/mol. The molecule has 1 aliphatic heterocycles. The van der Waals surface area contributed by atoms with Crippen LogP contribution in [0.25, 0.3) is 0 Å². The Hall–Kier alpha value is -2.19. The molecule has 2 rings (SSSR count). The first-order chi connectivity index (χ1) is 33.3. The standard InChI is InChI=1S/C49H86O19P2/c1-3-5-7-8-9-10-11-12-13-14-15-16-17-18-19-20-25-29-42(53)64-34-37-35-65-70(62,63)68-49-47(58)46(57)44(55)38(28-24-21-22-26-30-43(54)66-37)40(51)33-41(52)39(32-31-36(50)27-23-6-4-2)45(56)48(49)67-69(59,60)61/h12-13,21,24,31-32,36-39,41,44-50,52,55-58H,3-11,14-20,22-23,25-30,33-35H2,1-2H3,(H,62,63)(H2,59,60,61)/b13-12-,24-21-,32-31+/t36-,37+,38-,39-,41+,44+,45+,46-,47+,48+,49-/m0/s1. The number of aliphatic hydroxyl groups excluding tert-OH is 6.